The van der Waals surface area contributed by atoms with Crippen LogP contribution in [0.5, 0.6) is 0 Å². The molecule has 3 amide bonds. The number of benzene rings is 1. The zero-order valence-corrected chi connectivity index (χ0v) is 27.4. The highest BCUT2D eigenvalue weighted by atomic mass is 19.1. The molecule has 0 N–H and O–H groups in total. The van der Waals surface area contributed by atoms with Gasteiger partial charge >= 0.3 is 6.09 Å². The highest BCUT2D eigenvalue weighted by molar-refractivity contribution is 5.97. The van der Waals surface area contributed by atoms with E-state index in [0.29, 0.717) is 56.0 Å². The van der Waals surface area contributed by atoms with Crippen molar-refractivity contribution >= 4 is 23.6 Å². The molecule has 5 rings (SSSR count). The van der Waals surface area contributed by atoms with Gasteiger partial charge in [0.15, 0.2) is 0 Å². The summed E-state index contributed by atoms with van der Waals surface area (Å²) in [7, 11) is 0. The molecule has 45 heavy (non-hydrogen) atoms. The number of carbonyl (C=O) groups excluding carboxylic acids is 3. The van der Waals surface area contributed by atoms with Gasteiger partial charge in [0.05, 0.1) is 17.9 Å². The minimum Gasteiger partial charge on any atom is -0.444 e. The molecule has 0 aliphatic carbocycles. The van der Waals surface area contributed by atoms with Crippen LogP contribution < -0.4 is 4.90 Å². The van der Waals surface area contributed by atoms with Gasteiger partial charge in [-0.25, -0.2) is 13.6 Å². The molecule has 4 heterocycles. The van der Waals surface area contributed by atoms with E-state index in [1.165, 1.54) is 12.1 Å². The van der Waals surface area contributed by atoms with Crippen molar-refractivity contribution < 1.29 is 27.9 Å². The molecule has 0 unspecified atom stereocenters. The summed E-state index contributed by atoms with van der Waals surface area (Å²) >= 11 is 0. The molecule has 2 fully saturated rings. The largest absolute Gasteiger partial charge is 0.444 e. The molecule has 1 aromatic carbocycles. The van der Waals surface area contributed by atoms with E-state index in [1.807, 2.05) is 52.5 Å². The van der Waals surface area contributed by atoms with Gasteiger partial charge in [0.25, 0.3) is 0 Å². The molecule has 0 spiro atoms. The summed E-state index contributed by atoms with van der Waals surface area (Å²) in [4.78, 5) is 52.1. The summed E-state index contributed by atoms with van der Waals surface area (Å²) < 4.78 is 33.6. The average molecular weight is 626 g/mol. The van der Waals surface area contributed by atoms with Crippen LogP contribution >= 0.6 is 0 Å². The fourth-order valence-electron chi connectivity index (χ4n) is 6.69. The van der Waals surface area contributed by atoms with E-state index in [2.05, 4.69) is 11.8 Å². The summed E-state index contributed by atoms with van der Waals surface area (Å²) in [5.74, 6) is -1.03. The fraction of sp³-hybridized carbons (Fsp3) is 0.588. The van der Waals surface area contributed by atoms with Gasteiger partial charge in [-0.15, -0.1) is 0 Å². The van der Waals surface area contributed by atoms with Crippen molar-refractivity contribution in [2.45, 2.75) is 84.4 Å². The topological polar surface area (TPSA) is 86.3 Å². The van der Waals surface area contributed by atoms with E-state index in [9.17, 15) is 23.2 Å². The number of ether oxygens (including phenoxy) is 1. The summed E-state index contributed by atoms with van der Waals surface area (Å²) in [6, 6.07) is 4.93. The number of amides is 3. The van der Waals surface area contributed by atoms with Crippen LogP contribution in [-0.4, -0.2) is 94.5 Å². The molecule has 0 bridgehead atoms. The molecule has 3 atom stereocenters. The van der Waals surface area contributed by atoms with Crippen LogP contribution in [0.2, 0.25) is 0 Å². The molecule has 244 valence electrons. The molecule has 1 aromatic heterocycles. The zero-order valence-electron chi connectivity index (χ0n) is 27.4. The number of anilines is 1. The Morgan fingerprint density at radius 1 is 1.09 bits per heavy atom. The Morgan fingerprint density at radius 2 is 1.82 bits per heavy atom. The fourth-order valence-corrected chi connectivity index (χ4v) is 6.69. The van der Waals surface area contributed by atoms with E-state index in [4.69, 9.17) is 9.72 Å². The van der Waals surface area contributed by atoms with Crippen molar-refractivity contribution in [2.75, 3.05) is 44.2 Å². The number of halogens is 2. The normalized spacial score (nSPS) is 23.4. The number of likely N-dealkylation sites (tertiary alicyclic amines) is 1. The number of piperazine rings is 1. The van der Waals surface area contributed by atoms with Gasteiger partial charge in [0.2, 0.25) is 11.8 Å². The first-order valence-corrected chi connectivity index (χ1v) is 15.8. The van der Waals surface area contributed by atoms with Crippen LogP contribution in [0.4, 0.5) is 19.3 Å². The van der Waals surface area contributed by atoms with Crippen LogP contribution in [0.3, 0.4) is 0 Å². The monoisotopic (exact) mass is 625 g/mol. The number of pyridine rings is 1. The van der Waals surface area contributed by atoms with E-state index < -0.39 is 28.7 Å². The smallest absolute Gasteiger partial charge is 0.410 e. The number of aromatic nitrogens is 1. The van der Waals surface area contributed by atoms with Crippen LogP contribution in [0.15, 0.2) is 30.5 Å². The zero-order chi connectivity index (χ0) is 32.8. The van der Waals surface area contributed by atoms with Gasteiger partial charge in [0, 0.05) is 75.3 Å². The highest BCUT2D eigenvalue weighted by Crippen LogP contribution is 2.40. The molecular formula is C34H45F2N5O4. The molecule has 9 nitrogen and oxygen atoms in total. The van der Waals surface area contributed by atoms with E-state index in [-0.39, 0.29) is 42.8 Å². The number of carbonyl (C=O) groups is 3. The van der Waals surface area contributed by atoms with E-state index in [0.717, 1.165) is 11.8 Å². The third kappa shape index (κ3) is 7.29. The SMILES string of the molecule is C[C@@H]1CC(=O)N(C[C@H]2CN(C(=O)OC(C)(C)C)[C@H](C)CN2CC(=O)N2CC(C)(C)c3ncc(Cc4ccc(F)cc4F)cc32)C1. The third-order valence-corrected chi connectivity index (χ3v) is 8.88. The van der Waals surface area contributed by atoms with Crippen molar-refractivity contribution in [1.82, 2.24) is 19.7 Å². The quantitative estimate of drug-likeness (QED) is 0.461. The van der Waals surface area contributed by atoms with Crippen LogP contribution in [0.25, 0.3) is 0 Å². The maximum atomic E-state index is 14.4. The lowest BCUT2D eigenvalue weighted by Crippen LogP contribution is -2.63. The predicted octanol–water partition coefficient (Wildman–Crippen LogP) is 4.75. The molecule has 0 radical (unpaired) electrons. The Hall–Kier alpha value is -3.60. The van der Waals surface area contributed by atoms with E-state index in [1.54, 1.807) is 16.0 Å². The molecule has 3 aliphatic heterocycles. The van der Waals surface area contributed by atoms with Crippen LogP contribution in [0, 0.1) is 17.6 Å². The number of nitrogens with zero attached hydrogens (tertiary/aromatic N) is 5. The van der Waals surface area contributed by atoms with Crippen molar-refractivity contribution in [1.29, 1.82) is 0 Å². The van der Waals surface area contributed by atoms with Gasteiger partial charge < -0.3 is 19.4 Å². The van der Waals surface area contributed by atoms with Crippen LogP contribution in [0.1, 0.15) is 71.7 Å². The van der Waals surface area contributed by atoms with Gasteiger partial charge in [-0.1, -0.05) is 26.8 Å². The second kappa shape index (κ2) is 12.3. The summed E-state index contributed by atoms with van der Waals surface area (Å²) in [6.45, 7) is 15.9. The molecule has 2 saturated heterocycles. The first-order valence-electron chi connectivity index (χ1n) is 15.8. The Kier molecular flexibility index (Phi) is 8.96. The number of rotatable bonds is 6. The Balaban J connectivity index is 1.37. The van der Waals surface area contributed by atoms with E-state index >= 15 is 0 Å². The lowest BCUT2D eigenvalue weighted by molar-refractivity contribution is -0.129. The van der Waals surface area contributed by atoms with Crippen molar-refractivity contribution in [2.24, 2.45) is 5.92 Å². The predicted molar refractivity (Wildman–Crippen MR) is 167 cm³/mol. The molecule has 2 aromatic rings. The Morgan fingerprint density at radius 3 is 2.47 bits per heavy atom. The highest BCUT2D eigenvalue weighted by Gasteiger charge is 2.43. The standard InChI is InChI=1S/C34H45F2N5O4/c1-21-10-29(42)39(15-21)17-26-18-40(32(44)45-33(3,4)5)22(2)16-38(26)19-30(43)41-20-34(6,7)31-28(41)12-23(14-37-31)11-24-8-9-25(35)13-27(24)36/h8-9,12-14,21-22,26H,10-11,15-20H2,1-7H3/t21-,22-,26+/m1/s1. The maximum absolute atomic E-state index is 14.4. The lowest BCUT2D eigenvalue weighted by Gasteiger charge is -2.46. The Bertz CT molecular complexity index is 1470. The van der Waals surface area contributed by atoms with Gasteiger partial charge in [-0.3, -0.25) is 19.5 Å². The third-order valence-electron chi connectivity index (χ3n) is 8.88. The molecular weight excluding hydrogens is 580 g/mol. The Labute approximate surface area is 264 Å². The van der Waals surface area contributed by atoms with Crippen molar-refractivity contribution in [3.63, 3.8) is 0 Å². The van der Waals surface area contributed by atoms with Gasteiger partial charge in [0.1, 0.15) is 17.2 Å². The lowest BCUT2D eigenvalue weighted by atomic mass is 9.91. The van der Waals surface area contributed by atoms with Crippen molar-refractivity contribution in [3.8, 4) is 0 Å². The molecule has 0 saturated carbocycles. The molecule has 3 aliphatic rings. The van der Waals surface area contributed by atoms with Gasteiger partial charge in [-0.05, 0) is 56.9 Å². The second-order valence-electron chi connectivity index (χ2n) is 14.7. The number of fused-ring (bicyclic) bond motifs is 1. The first kappa shape index (κ1) is 32.8. The minimum atomic E-state index is -0.648. The summed E-state index contributed by atoms with van der Waals surface area (Å²) in [6.07, 6.45) is 2.00. The summed E-state index contributed by atoms with van der Waals surface area (Å²) in [5, 5.41) is 0. The molecule has 11 heteroatoms. The first-order chi connectivity index (χ1) is 21.0. The minimum absolute atomic E-state index is 0.0858. The van der Waals surface area contributed by atoms with Gasteiger partial charge in [-0.2, -0.15) is 0 Å². The number of hydrogen-bond donors (Lipinski definition) is 0. The maximum Gasteiger partial charge on any atom is 0.410 e. The number of hydrogen-bond acceptors (Lipinski definition) is 6. The van der Waals surface area contributed by atoms with Crippen molar-refractivity contribution in [3.05, 3.63) is 58.9 Å². The second-order valence-corrected chi connectivity index (χ2v) is 14.7. The summed E-state index contributed by atoms with van der Waals surface area (Å²) in [5.41, 5.74) is 1.49. The van der Waals surface area contributed by atoms with Crippen LogP contribution in [-0.2, 0) is 26.2 Å². The average Bonchev–Trinajstić information content (AvgIpc) is 3.39.